The van der Waals surface area contributed by atoms with Crippen molar-refractivity contribution < 1.29 is 14.3 Å². The molecule has 0 radical (unpaired) electrons. The zero-order chi connectivity index (χ0) is 16.3. The van der Waals surface area contributed by atoms with E-state index in [4.69, 9.17) is 9.47 Å². The summed E-state index contributed by atoms with van der Waals surface area (Å²) >= 11 is 0. The van der Waals surface area contributed by atoms with Crippen LogP contribution in [-0.4, -0.2) is 48.7 Å². The molecule has 1 amide bonds. The van der Waals surface area contributed by atoms with Crippen LogP contribution in [0.1, 0.15) is 49.4 Å². The Bertz CT molecular complexity index is 563. The van der Waals surface area contributed by atoms with Gasteiger partial charge in [0.1, 0.15) is 5.56 Å². The minimum atomic E-state index is 0.0300. The molecule has 1 aliphatic carbocycles. The van der Waals surface area contributed by atoms with Gasteiger partial charge >= 0.3 is 0 Å². The Balaban J connectivity index is 1.80. The Kier molecular flexibility index (Phi) is 4.85. The van der Waals surface area contributed by atoms with E-state index in [0.29, 0.717) is 18.1 Å². The van der Waals surface area contributed by atoms with E-state index in [2.05, 4.69) is 4.98 Å². The van der Waals surface area contributed by atoms with Crippen molar-refractivity contribution in [2.45, 2.75) is 45.1 Å². The van der Waals surface area contributed by atoms with Gasteiger partial charge in [0.15, 0.2) is 0 Å². The van der Waals surface area contributed by atoms with E-state index in [0.717, 1.165) is 38.8 Å². The maximum Gasteiger partial charge on any atom is 0.259 e. The van der Waals surface area contributed by atoms with Crippen molar-refractivity contribution in [1.82, 2.24) is 9.88 Å². The summed E-state index contributed by atoms with van der Waals surface area (Å²) in [7, 11) is 1.80. The highest BCUT2D eigenvalue weighted by atomic mass is 16.5. The minimum absolute atomic E-state index is 0.0300. The number of carbonyl (C=O) groups is 1. The van der Waals surface area contributed by atoms with E-state index in [-0.39, 0.29) is 17.4 Å². The number of ether oxygens (including phenoxy) is 2. The lowest BCUT2D eigenvalue weighted by molar-refractivity contribution is -0.0296. The molecule has 23 heavy (non-hydrogen) atoms. The van der Waals surface area contributed by atoms with Crippen molar-refractivity contribution in [1.29, 1.82) is 0 Å². The predicted molar refractivity (Wildman–Crippen MR) is 87.6 cm³/mol. The molecule has 0 aromatic carbocycles. The van der Waals surface area contributed by atoms with Gasteiger partial charge in [0.25, 0.3) is 5.91 Å². The Labute approximate surface area is 138 Å². The number of methoxy groups -OCH3 is 1. The fourth-order valence-corrected chi connectivity index (χ4v) is 4.25. The van der Waals surface area contributed by atoms with Gasteiger partial charge in [-0.2, -0.15) is 0 Å². The number of hydrogen-bond acceptors (Lipinski definition) is 4. The van der Waals surface area contributed by atoms with Gasteiger partial charge in [-0.15, -0.1) is 0 Å². The molecule has 5 heteroatoms. The zero-order valence-electron chi connectivity index (χ0n) is 14.1. The summed E-state index contributed by atoms with van der Waals surface area (Å²) in [5.74, 6) is 0.469. The van der Waals surface area contributed by atoms with E-state index in [1.807, 2.05) is 17.9 Å². The average Bonchev–Trinajstić information content (AvgIpc) is 2.97. The molecule has 2 atom stereocenters. The van der Waals surface area contributed by atoms with Gasteiger partial charge in [0, 0.05) is 31.8 Å². The third-order valence-electron chi connectivity index (χ3n) is 5.29. The predicted octanol–water partition coefficient (Wildman–Crippen LogP) is 2.90. The number of nitrogens with zero attached hydrogens (tertiary/aromatic N) is 2. The molecule has 1 aromatic heterocycles. The molecule has 1 saturated heterocycles. The lowest BCUT2D eigenvalue weighted by Crippen LogP contribution is -2.49. The van der Waals surface area contributed by atoms with E-state index < -0.39 is 0 Å². The molecule has 3 rings (SSSR count). The fraction of sp³-hybridized carbons (Fsp3) is 0.667. The standard InChI is InChI=1S/C18H26N2O3/c1-3-23-16-14(7-5-11-19-16)17(21)20-12-6-10-18(13-20)9-4-8-15(18)22-2/h5,7,11,15H,3-4,6,8-10,12-13H2,1-2H3/t15-,18+/m1/s1. The Hall–Kier alpha value is -1.62. The lowest BCUT2D eigenvalue weighted by atomic mass is 9.76. The van der Waals surface area contributed by atoms with Crippen molar-refractivity contribution >= 4 is 5.91 Å². The summed E-state index contributed by atoms with van der Waals surface area (Å²) in [5.41, 5.74) is 0.703. The van der Waals surface area contributed by atoms with Crippen molar-refractivity contribution in [3.05, 3.63) is 23.9 Å². The third-order valence-corrected chi connectivity index (χ3v) is 5.29. The van der Waals surface area contributed by atoms with Gasteiger partial charge in [-0.05, 0) is 44.7 Å². The summed E-state index contributed by atoms with van der Waals surface area (Å²) in [6.45, 7) is 4.00. The van der Waals surface area contributed by atoms with Crippen molar-refractivity contribution in [3.63, 3.8) is 0 Å². The van der Waals surface area contributed by atoms with Gasteiger partial charge in [0.05, 0.1) is 12.7 Å². The molecule has 1 saturated carbocycles. The number of aromatic nitrogens is 1. The number of carbonyl (C=O) groups excluding carboxylic acids is 1. The lowest BCUT2D eigenvalue weighted by Gasteiger charge is -2.43. The number of pyridine rings is 1. The van der Waals surface area contributed by atoms with Gasteiger partial charge in [-0.1, -0.05) is 6.42 Å². The second kappa shape index (κ2) is 6.87. The summed E-state index contributed by atoms with van der Waals surface area (Å²) in [6.07, 6.45) is 7.58. The van der Waals surface area contributed by atoms with Crippen LogP contribution in [-0.2, 0) is 4.74 Å². The van der Waals surface area contributed by atoms with Gasteiger partial charge in [-0.3, -0.25) is 4.79 Å². The molecule has 2 aliphatic rings. The largest absolute Gasteiger partial charge is 0.477 e. The smallest absolute Gasteiger partial charge is 0.259 e. The van der Waals surface area contributed by atoms with Crippen LogP contribution in [0.2, 0.25) is 0 Å². The molecule has 126 valence electrons. The van der Waals surface area contributed by atoms with Crippen LogP contribution >= 0.6 is 0 Å². The highest BCUT2D eigenvalue weighted by molar-refractivity contribution is 5.96. The maximum absolute atomic E-state index is 13.0. The topological polar surface area (TPSA) is 51.7 Å². The first-order chi connectivity index (χ1) is 11.2. The summed E-state index contributed by atoms with van der Waals surface area (Å²) in [5, 5.41) is 0. The number of rotatable bonds is 4. The average molecular weight is 318 g/mol. The highest BCUT2D eigenvalue weighted by Gasteiger charge is 2.46. The minimum Gasteiger partial charge on any atom is -0.477 e. The van der Waals surface area contributed by atoms with Crippen LogP contribution in [0.4, 0.5) is 0 Å². The number of amides is 1. The van der Waals surface area contributed by atoms with Crippen molar-refractivity contribution in [2.24, 2.45) is 5.41 Å². The Morgan fingerprint density at radius 3 is 3.04 bits per heavy atom. The number of piperidine rings is 1. The molecule has 2 fully saturated rings. The van der Waals surface area contributed by atoms with E-state index >= 15 is 0 Å². The van der Waals surface area contributed by atoms with Gasteiger partial charge in [0.2, 0.25) is 5.88 Å². The van der Waals surface area contributed by atoms with Gasteiger partial charge in [-0.25, -0.2) is 4.98 Å². The summed E-state index contributed by atoms with van der Waals surface area (Å²) in [6, 6.07) is 3.60. The first-order valence-electron chi connectivity index (χ1n) is 8.60. The first kappa shape index (κ1) is 16.2. The SMILES string of the molecule is CCOc1ncccc1C(=O)N1CCC[C@@]2(CCC[C@H]2OC)C1. The molecule has 1 aromatic rings. The third kappa shape index (κ3) is 3.07. The molecule has 0 bridgehead atoms. The van der Waals surface area contributed by atoms with E-state index in [1.54, 1.807) is 19.4 Å². The fourth-order valence-electron chi connectivity index (χ4n) is 4.25. The Morgan fingerprint density at radius 2 is 2.26 bits per heavy atom. The molecular weight excluding hydrogens is 292 g/mol. The molecule has 0 unspecified atom stereocenters. The maximum atomic E-state index is 13.0. The van der Waals surface area contributed by atoms with Crippen molar-refractivity contribution in [3.8, 4) is 5.88 Å². The second-order valence-corrected chi connectivity index (χ2v) is 6.60. The van der Waals surface area contributed by atoms with Crippen LogP contribution in [0.25, 0.3) is 0 Å². The summed E-state index contributed by atoms with van der Waals surface area (Å²) < 4.78 is 11.3. The van der Waals surface area contributed by atoms with E-state index in [9.17, 15) is 4.79 Å². The quantitative estimate of drug-likeness (QED) is 0.856. The number of likely N-dealkylation sites (tertiary alicyclic amines) is 1. The van der Waals surface area contributed by atoms with E-state index in [1.165, 1.54) is 6.42 Å². The van der Waals surface area contributed by atoms with Gasteiger partial charge < -0.3 is 14.4 Å². The first-order valence-corrected chi connectivity index (χ1v) is 8.60. The Morgan fingerprint density at radius 1 is 1.43 bits per heavy atom. The molecule has 1 spiro atoms. The highest BCUT2D eigenvalue weighted by Crippen LogP contribution is 2.46. The molecule has 1 aliphatic heterocycles. The zero-order valence-corrected chi connectivity index (χ0v) is 14.1. The van der Waals surface area contributed by atoms with Crippen LogP contribution in [0, 0.1) is 5.41 Å². The second-order valence-electron chi connectivity index (χ2n) is 6.60. The number of hydrogen-bond donors (Lipinski definition) is 0. The van der Waals surface area contributed by atoms with Crippen LogP contribution in [0.5, 0.6) is 5.88 Å². The monoisotopic (exact) mass is 318 g/mol. The van der Waals surface area contributed by atoms with Crippen LogP contribution in [0.15, 0.2) is 18.3 Å². The van der Waals surface area contributed by atoms with Crippen LogP contribution in [0.3, 0.4) is 0 Å². The molecule has 0 N–H and O–H groups in total. The normalized spacial score (nSPS) is 27.4. The molecular formula is C18H26N2O3. The molecule has 5 nitrogen and oxygen atoms in total. The van der Waals surface area contributed by atoms with Crippen LogP contribution < -0.4 is 4.74 Å². The summed E-state index contributed by atoms with van der Waals surface area (Å²) in [4.78, 5) is 19.2. The molecule has 2 heterocycles. The van der Waals surface area contributed by atoms with Crippen molar-refractivity contribution in [2.75, 3.05) is 26.8 Å².